The number of thiazole rings is 1. The van der Waals surface area contributed by atoms with Gasteiger partial charge in [0.15, 0.2) is 5.13 Å². The fourth-order valence-electron chi connectivity index (χ4n) is 2.08. The van der Waals surface area contributed by atoms with E-state index in [1.165, 1.54) is 4.88 Å². The minimum atomic E-state index is 0.866. The molecule has 3 nitrogen and oxygen atoms in total. The van der Waals surface area contributed by atoms with Crippen LogP contribution in [0.25, 0.3) is 0 Å². The first-order chi connectivity index (χ1) is 10.3. The van der Waals surface area contributed by atoms with Crippen LogP contribution >= 0.6 is 22.7 Å². The molecule has 0 aliphatic carbocycles. The molecule has 1 aromatic carbocycles. The van der Waals surface area contributed by atoms with Crippen molar-refractivity contribution in [3.63, 3.8) is 0 Å². The maximum Gasteiger partial charge on any atom is 0.187 e. The molecule has 0 fully saturated rings. The number of nitrogens with one attached hydrogen (secondary N) is 1. The molecule has 3 aromatic rings. The van der Waals surface area contributed by atoms with E-state index in [-0.39, 0.29) is 0 Å². The maximum atomic E-state index is 4.64. The third kappa shape index (κ3) is 4.14. The monoisotopic (exact) mass is 315 g/mol. The minimum absolute atomic E-state index is 0.866. The van der Waals surface area contributed by atoms with Crippen molar-refractivity contribution in [2.75, 3.05) is 12.4 Å². The first-order valence-corrected chi connectivity index (χ1v) is 8.53. The van der Waals surface area contributed by atoms with Crippen LogP contribution < -0.4 is 5.32 Å². The van der Waals surface area contributed by atoms with E-state index in [0.29, 0.717) is 0 Å². The van der Waals surface area contributed by atoms with Crippen LogP contribution in [0.3, 0.4) is 0 Å². The Morgan fingerprint density at radius 2 is 1.90 bits per heavy atom. The summed E-state index contributed by atoms with van der Waals surface area (Å²) in [4.78, 5) is 8.31. The molecule has 108 valence electrons. The normalized spacial score (nSPS) is 11.0. The van der Waals surface area contributed by atoms with Crippen LogP contribution in [0.4, 0.5) is 10.8 Å². The third-order valence-corrected chi connectivity index (χ3v) is 4.68. The summed E-state index contributed by atoms with van der Waals surface area (Å²) in [5.74, 6) is 0. The number of hydrogen-bond donors (Lipinski definition) is 1. The summed E-state index contributed by atoms with van der Waals surface area (Å²) in [6, 6.07) is 14.4. The summed E-state index contributed by atoms with van der Waals surface area (Å²) in [6.45, 7) is 1.83. The molecular formula is C16H17N3S2. The molecule has 0 radical (unpaired) electrons. The van der Waals surface area contributed by atoms with Gasteiger partial charge in [-0.25, -0.2) is 4.98 Å². The summed E-state index contributed by atoms with van der Waals surface area (Å²) in [5, 5.41) is 8.52. The van der Waals surface area contributed by atoms with Crippen LogP contribution in [0.2, 0.25) is 0 Å². The van der Waals surface area contributed by atoms with E-state index in [9.17, 15) is 0 Å². The summed E-state index contributed by atoms with van der Waals surface area (Å²) in [6.07, 6.45) is 0. The molecule has 0 unspecified atom stereocenters. The summed E-state index contributed by atoms with van der Waals surface area (Å²) in [5.41, 5.74) is 2.18. The van der Waals surface area contributed by atoms with Crippen LogP contribution in [-0.2, 0) is 13.1 Å². The number of nitrogens with zero attached hydrogens (tertiary/aromatic N) is 2. The average molecular weight is 315 g/mol. The lowest BCUT2D eigenvalue weighted by Gasteiger charge is -2.13. The molecule has 0 spiro atoms. The van der Waals surface area contributed by atoms with Crippen LogP contribution in [0.5, 0.6) is 0 Å². The van der Waals surface area contributed by atoms with Gasteiger partial charge in [0.25, 0.3) is 0 Å². The molecular weight excluding hydrogens is 298 g/mol. The van der Waals surface area contributed by atoms with Crippen molar-refractivity contribution in [2.45, 2.75) is 13.1 Å². The molecule has 0 saturated heterocycles. The Bertz CT molecular complexity index is 662. The molecule has 0 atom stereocenters. The number of benzene rings is 1. The Balaban J connectivity index is 1.57. The third-order valence-electron chi connectivity index (χ3n) is 3.01. The van der Waals surface area contributed by atoms with Gasteiger partial charge in [0, 0.05) is 29.0 Å². The van der Waals surface area contributed by atoms with Gasteiger partial charge in [-0.15, -0.1) is 22.7 Å². The quantitative estimate of drug-likeness (QED) is 0.721. The van der Waals surface area contributed by atoms with Gasteiger partial charge in [0.1, 0.15) is 0 Å². The van der Waals surface area contributed by atoms with Gasteiger partial charge in [0.2, 0.25) is 0 Å². The first-order valence-electron chi connectivity index (χ1n) is 6.77. The minimum Gasteiger partial charge on any atom is -0.332 e. The van der Waals surface area contributed by atoms with Crippen molar-refractivity contribution in [1.82, 2.24) is 9.88 Å². The highest BCUT2D eigenvalue weighted by atomic mass is 32.1. The highest BCUT2D eigenvalue weighted by Gasteiger charge is 2.07. The van der Waals surface area contributed by atoms with Crippen molar-refractivity contribution < 1.29 is 0 Å². The fraction of sp³-hybridized carbons (Fsp3) is 0.188. The number of rotatable bonds is 6. The second kappa shape index (κ2) is 6.85. The lowest BCUT2D eigenvalue weighted by Crippen LogP contribution is -2.16. The number of thiophene rings is 1. The van der Waals surface area contributed by atoms with E-state index in [0.717, 1.165) is 29.6 Å². The summed E-state index contributed by atoms with van der Waals surface area (Å²) < 4.78 is 0. The zero-order valence-electron chi connectivity index (χ0n) is 11.8. The molecule has 1 N–H and O–H groups in total. The summed E-state index contributed by atoms with van der Waals surface area (Å²) in [7, 11) is 2.13. The molecule has 3 rings (SSSR count). The second-order valence-electron chi connectivity index (χ2n) is 4.89. The van der Waals surface area contributed by atoms with Gasteiger partial charge in [0.05, 0.1) is 5.69 Å². The van der Waals surface area contributed by atoms with E-state index in [2.05, 4.69) is 45.1 Å². The summed E-state index contributed by atoms with van der Waals surface area (Å²) >= 11 is 3.45. The van der Waals surface area contributed by atoms with Gasteiger partial charge in [-0.05, 0) is 30.6 Å². The van der Waals surface area contributed by atoms with E-state index >= 15 is 0 Å². The number of hydrogen-bond acceptors (Lipinski definition) is 5. The highest BCUT2D eigenvalue weighted by Crippen LogP contribution is 2.21. The number of para-hydroxylation sites is 1. The molecule has 2 aromatic heterocycles. The van der Waals surface area contributed by atoms with Crippen LogP contribution in [0, 0.1) is 0 Å². The highest BCUT2D eigenvalue weighted by molar-refractivity contribution is 7.13. The molecule has 2 heterocycles. The van der Waals surface area contributed by atoms with Crippen LogP contribution in [-0.4, -0.2) is 16.9 Å². The van der Waals surface area contributed by atoms with Crippen molar-refractivity contribution in [3.8, 4) is 0 Å². The van der Waals surface area contributed by atoms with E-state index in [4.69, 9.17) is 0 Å². The second-order valence-corrected chi connectivity index (χ2v) is 6.78. The Labute approximate surface area is 132 Å². The van der Waals surface area contributed by atoms with E-state index in [1.54, 1.807) is 22.7 Å². The molecule has 0 saturated carbocycles. The van der Waals surface area contributed by atoms with Crippen LogP contribution in [0.15, 0.2) is 53.2 Å². The number of anilines is 2. The van der Waals surface area contributed by atoms with Gasteiger partial charge in [-0.1, -0.05) is 24.3 Å². The van der Waals surface area contributed by atoms with Gasteiger partial charge >= 0.3 is 0 Å². The standard InChI is InChI=1S/C16H17N3S2/c1-19(11-15-8-5-9-20-15)10-14-12-21-16(18-14)17-13-6-3-2-4-7-13/h2-9,12H,10-11H2,1H3,(H,17,18). The molecule has 0 aliphatic heterocycles. The zero-order valence-corrected chi connectivity index (χ0v) is 13.5. The Morgan fingerprint density at radius 1 is 1.05 bits per heavy atom. The Kier molecular flexibility index (Phi) is 4.65. The molecule has 0 amide bonds. The topological polar surface area (TPSA) is 28.2 Å². The zero-order chi connectivity index (χ0) is 14.5. The van der Waals surface area contributed by atoms with E-state index in [1.807, 2.05) is 30.3 Å². The molecule has 21 heavy (non-hydrogen) atoms. The smallest absolute Gasteiger partial charge is 0.187 e. The first kappa shape index (κ1) is 14.3. The lowest BCUT2D eigenvalue weighted by atomic mass is 10.3. The predicted molar refractivity (Wildman–Crippen MR) is 91.3 cm³/mol. The van der Waals surface area contributed by atoms with Gasteiger partial charge in [-0.2, -0.15) is 0 Å². The van der Waals surface area contributed by atoms with Crippen molar-refractivity contribution >= 4 is 33.5 Å². The SMILES string of the molecule is CN(Cc1csc(Nc2ccccc2)n1)Cc1cccs1. The van der Waals surface area contributed by atoms with Crippen molar-refractivity contribution in [1.29, 1.82) is 0 Å². The van der Waals surface area contributed by atoms with Crippen molar-refractivity contribution in [3.05, 3.63) is 63.8 Å². The predicted octanol–water partition coefficient (Wildman–Crippen LogP) is 4.58. The largest absolute Gasteiger partial charge is 0.332 e. The fourth-order valence-corrected chi connectivity index (χ4v) is 3.59. The average Bonchev–Trinajstić information content (AvgIpc) is 3.12. The Hall–Kier alpha value is -1.69. The molecule has 0 bridgehead atoms. The molecule has 5 heteroatoms. The van der Waals surface area contributed by atoms with Gasteiger partial charge < -0.3 is 5.32 Å². The van der Waals surface area contributed by atoms with Crippen LogP contribution in [0.1, 0.15) is 10.6 Å². The molecule has 0 aliphatic rings. The van der Waals surface area contributed by atoms with Crippen molar-refractivity contribution in [2.24, 2.45) is 0 Å². The number of aromatic nitrogens is 1. The van der Waals surface area contributed by atoms with E-state index < -0.39 is 0 Å². The van der Waals surface area contributed by atoms with Gasteiger partial charge in [-0.3, -0.25) is 4.90 Å². The Morgan fingerprint density at radius 3 is 2.67 bits per heavy atom. The lowest BCUT2D eigenvalue weighted by molar-refractivity contribution is 0.319. The maximum absolute atomic E-state index is 4.64.